The predicted octanol–water partition coefficient (Wildman–Crippen LogP) is 3.12. The van der Waals surface area contributed by atoms with Crippen LogP contribution in [0.15, 0.2) is 24.3 Å². The second-order valence-electron chi connectivity index (χ2n) is 6.89. The summed E-state index contributed by atoms with van der Waals surface area (Å²) in [6.07, 6.45) is -1.29. The van der Waals surface area contributed by atoms with Gasteiger partial charge in [-0.1, -0.05) is 32.9 Å². The van der Waals surface area contributed by atoms with Gasteiger partial charge in [0.15, 0.2) is 0 Å². The number of ether oxygens (including phenoxy) is 2. The molecule has 0 fully saturated rings. The lowest BCUT2D eigenvalue weighted by Gasteiger charge is -2.36. The van der Waals surface area contributed by atoms with Crippen molar-refractivity contribution in [1.82, 2.24) is 0 Å². The Labute approximate surface area is 149 Å². The van der Waals surface area contributed by atoms with E-state index in [9.17, 15) is 27.5 Å². The summed E-state index contributed by atoms with van der Waals surface area (Å²) >= 11 is 0. The van der Waals surface area contributed by atoms with E-state index in [1.165, 1.54) is 24.3 Å². The van der Waals surface area contributed by atoms with Crippen LogP contribution in [0.4, 0.5) is 17.6 Å². The van der Waals surface area contributed by atoms with Crippen LogP contribution in [0.1, 0.15) is 32.3 Å². The molecule has 9 heteroatoms. The van der Waals surface area contributed by atoms with E-state index in [1.54, 1.807) is 20.8 Å². The number of rotatable bonds is 9. The molecule has 0 aliphatic carbocycles. The van der Waals surface area contributed by atoms with Crippen LogP contribution >= 0.6 is 0 Å². The third-order valence-electron chi connectivity index (χ3n) is 3.90. The van der Waals surface area contributed by atoms with Crippen molar-refractivity contribution in [2.45, 2.75) is 46.0 Å². The smallest absolute Gasteiger partial charge is 0.387 e. The van der Waals surface area contributed by atoms with Gasteiger partial charge in [0.2, 0.25) is 5.91 Å². The Hall–Kier alpha value is -1.87. The SMILES string of the molecule is CC(C)(C)C(O)C(C(N)=O)[C@@H](COC(F)F)c1cccc(OC(F)F)c1. The molecule has 1 amide bonds. The molecule has 1 rings (SSSR count). The van der Waals surface area contributed by atoms with Gasteiger partial charge in [-0.15, -0.1) is 0 Å². The van der Waals surface area contributed by atoms with Crippen molar-refractivity contribution in [3.8, 4) is 5.75 Å². The highest BCUT2D eigenvalue weighted by Crippen LogP contribution is 2.36. The van der Waals surface area contributed by atoms with Gasteiger partial charge in [-0.05, 0) is 23.1 Å². The number of hydrogen-bond acceptors (Lipinski definition) is 4. The summed E-state index contributed by atoms with van der Waals surface area (Å²) in [5.74, 6) is -3.50. The minimum atomic E-state index is -3.11. The molecule has 0 heterocycles. The van der Waals surface area contributed by atoms with Crippen molar-refractivity contribution >= 4 is 5.91 Å². The molecule has 1 aromatic rings. The molecule has 0 spiro atoms. The normalized spacial score (nSPS) is 15.8. The van der Waals surface area contributed by atoms with E-state index in [0.29, 0.717) is 0 Å². The van der Waals surface area contributed by atoms with Crippen molar-refractivity contribution < 1.29 is 36.9 Å². The van der Waals surface area contributed by atoms with Gasteiger partial charge in [-0.25, -0.2) is 0 Å². The van der Waals surface area contributed by atoms with Crippen LogP contribution < -0.4 is 10.5 Å². The first-order valence-electron chi connectivity index (χ1n) is 7.85. The fourth-order valence-electron chi connectivity index (χ4n) is 2.62. The first-order chi connectivity index (χ1) is 11.9. The van der Waals surface area contributed by atoms with Gasteiger partial charge in [0.05, 0.1) is 18.6 Å². The lowest BCUT2D eigenvalue weighted by molar-refractivity contribution is -0.148. The molecular formula is C17H23F4NO4. The number of nitrogens with two attached hydrogens (primary N) is 1. The number of carbonyl (C=O) groups is 1. The van der Waals surface area contributed by atoms with Gasteiger partial charge in [0, 0.05) is 5.92 Å². The maximum absolute atomic E-state index is 12.5. The van der Waals surface area contributed by atoms with Crippen LogP contribution in [0.2, 0.25) is 0 Å². The molecule has 0 aliphatic rings. The summed E-state index contributed by atoms with van der Waals surface area (Å²) in [5.41, 5.74) is 4.82. The Morgan fingerprint density at radius 2 is 1.81 bits per heavy atom. The number of carbonyl (C=O) groups excluding carboxylic acids is 1. The van der Waals surface area contributed by atoms with Crippen molar-refractivity contribution in [2.24, 2.45) is 17.1 Å². The third-order valence-corrected chi connectivity index (χ3v) is 3.90. The van der Waals surface area contributed by atoms with Crippen molar-refractivity contribution in [3.63, 3.8) is 0 Å². The lowest BCUT2D eigenvalue weighted by Crippen LogP contribution is -2.45. The number of aliphatic hydroxyl groups is 1. The van der Waals surface area contributed by atoms with Crippen molar-refractivity contribution in [2.75, 3.05) is 6.61 Å². The standard InChI is InChI=1S/C17H23F4NO4/c1-17(2,3)13(23)12(14(22)24)11(8-25-15(18)19)9-5-4-6-10(7-9)26-16(20)21/h4-7,11-13,15-16,23H,8H2,1-3H3,(H2,22,24)/t11-,12?,13?/m0/s1. The molecule has 26 heavy (non-hydrogen) atoms. The zero-order valence-electron chi connectivity index (χ0n) is 14.7. The van der Waals surface area contributed by atoms with Crippen LogP contribution in [0.5, 0.6) is 5.75 Å². The topological polar surface area (TPSA) is 81.8 Å². The number of primary amides is 1. The number of amides is 1. The van der Waals surface area contributed by atoms with Crippen LogP contribution in [0, 0.1) is 11.3 Å². The van der Waals surface area contributed by atoms with Crippen LogP contribution in [-0.2, 0) is 9.53 Å². The third kappa shape index (κ3) is 6.45. The zero-order chi connectivity index (χ0) is 20.1. The largest absolute Gasteiger partial charge is 0.435 e. The molecule has 0 bridgehead atoms. The molecule has 3 N–H and O–H groups in total. The number of hydrogen-bond donors (Lipinski definition) is 2. The van der Waals surface area contributed by atoms with Crippen LogP contribution in [-0.4, -0.2) is 36.9 Å². The number of benzene rings is 1. The second kappa shape index (κ2) is 9.18. The minimum Gasteiger partial charge on any atom is -0.435 e. The maximum Gasteiger partial charge on any atom is 0.387 e. The minimum absolute atomic E-state index is 0.205. The molecular weight excluding hydrogens is 358 g/mol. The predicted molar refractivity (Wildman–Crippen MR) is 85.9 cm³/mol. The van der Waals surface area contributed by atoms with Gasteiger partial charge in [-0.2, -0.15) is 17.6 Å². The summed E-state index contributed by atoms with van der Waals surface area (Å²) in [6, 6.07) is 5.23. The van der Waals surface area contributed by atoms with E-state index in [-0.39, 0.29) is 11.3 Å². The average Bonchev–Trinajstić information content (AvgIpc) is 2.48. The molecule has 0 saturated heterocycles. The Balaban J connectivity index is 3.30. The fraction of sp³-hybridized carbons (Fsp3) is 0.588. The maximum atomic E-state index is 12.5. The van der Waals surface area contributed by atoms with E-state index in [1.807, 2.05) is 0 Å². The van der Waals surface area contributed by atoms with Gasteiger partial charge in [-0.3, -0.25) is 4.79 Å². The number of halogens is 4. The summed E-state index contributed by atoms with van der Waals surface area (Å²) < 4.78 is 58.5. The van der Waals surface area contributed by atoms with E-state index in [0.717, 1.165) is 0 Å². The Morgan fingerprint density at radius 3 is 2.27 bits per heavy atom. The highest BCUT2D eigenvalue weighted by atomic mass is 19.3. The molecule has 0 radical (unpaired) electrons. The number of aliphatic hydroxyl groups excluding tert-OH is 1. The van der Waals surface area contributed by atoms with Gasteiger partial charge in [0.1, 0.15) is 5.75 Å². The second-order valence-corrected chi connectivity index (χ2v) is 6.89. The van der Waals surface area contributed by atoms with Crippen molar-refractivity contribution in [3.05, 3.63) is 29.8 Å². The fourth-order valence-corrected chi connectivity index (χ4v) is 2.62. The van der Waals surface area contributed by atoms with Crippen LogP contribution in [0.3, 0.4) is 0 Å². The molecule has 0 saturated carbocycles. The quantitative estimate of drug-likeness (QED) is 0.644. The highest BCUT2D eigenvalue weighted by molar-refractivity contribution is 5.78. The molecule has 148 valence electrons. The molecule has 1 aromatic carbocycles. The van der Waals surface area contributed by atoms with E-state index in [4.69, 9.17) is 5.73 Å². The Bertz CT molecular complexity index is 592. The van der Waals surface area contributed by atoms with Crippen LogP contribution in [0.25, 0.3) is 0 Å². The van der Waals surface area contributed by atoms with E-state index >= 15 is 0 Å². The average molecular weight is 381 g/mol. The molecule has 0 aromatic heterocycles. The zero-order valence-corrected chi connectivity index (χ0v) is 14.7. The molecule has 5 nitrogen and oxygen atoms in total. The molecule has 3 atom stereocenters. The summed E-state index contributed by atoms with van der Waals surface area (Å²) in [5, 5.41) is 10.5. The van der Waals surface area contributed by atoms with E-state index in [2.05, 4.69) is 9.47 Å². The first kappa shape index (κ1) is 22.2. The lowest BCUT2D eigenvalue weighted by atomic mass is 9.73. The molecule has 0 aliphatic heterocycles. The van der Waals surface area contributed by atoms with Crippen molar-refractivity contribution in [1.29, 1.82) is 0 Å². The first-order valence-corrected chi connectivity index (χ1v) is 7.85. The summed E-state index contributed by atoms with van der Waals surface area (Å²) in [6.45, 7) is -1.89. The Kier molecular flexibility index (Phi) is 7.83. The number of alkyl halides is 4. The van der Waals surface area contributed by atoms with Gasteiger partial charge < -0.3 is 20.3 Å². The summed E-state index contributed by atoms with van der Waals surface area (Å²) in [7, 11) is 0. The molecule has 2 unspecified atom stereocenters. The van der Waals surface area contributed by atoms with Gasteiger partial charge in [0.25, 0.3) is 0 Å². The van der Waals surface area contributed by atoms with Gasteiger partial charge >= 0.3 is 13.2 Å². The summed E-state index contributed by atoms with van der Waals surface area (Å²) in [4.78, 5) is 12.0. The highest BCUT2D eigenvalue weighted by Gasteiger charge is 2.40. The monoisotopic (exact) mass is 381 g/mol. The Morgan fingerprint density at radius 1 is 1.19 bits per heavy atom. The van der Waals surface area contributed by atoms with E-state index < -0.39 is 49.1 Å².